The van der Waals surface area contributed by atoms with E-state index >= 15 is 0 Å². The predicted molar refractivity (Wildman–Crippen MR) is 141 cm³/mol. The number of halogens is 2. The molecule has 9 heteroatoms. The molecule has 4 heterocycles. The topological polar surface area (TPSA) is 63.6 Å². The van der Waals surface area contributed by atoms with E-state index in [1.54, 1.807) is 10.5 Å². The molecular formula is C27H24ClFN4O2S. The SMILES string of the molecule is Cc1nc2scc(-c3ccccc3Cl)n2c(=O)c1CCN1CCC(c2noc3cc(F)ccc23)CC1. The lowest BCUT2D eigenvalue weighted by atomic mass is 9.91. The molecule has 5 aromatic rings. The minimum absolute atomic E-state index is 0.0233. The summed E-state index contributed by atoms with van der Waals surface area (Å²) in [5.41, 5.74) is 4.52. The molecule has 6 rings (SSSR count). The van der Waals surface area contributed by atoms with E-state index in [9.17, 15) is 9.18 Å². The number of nitrogens with zero attached hydrogens (tertiary/aromatic N) is 4. The van der Waals surface area contributed by atoms with Crippen LogP contribution in [0.25, 0.3) is 27.2 Å². The van der Waals surface area contributed by atoms with E-state index in [2.05, 4.69) is 10.1 Å². The Bertz CT molecular complexity index is 1630. The molecule has 0 atom stereocenters. The van der Waals surface area contributed by atoms with E-state index in [0.717, 1.165) is 66.1 Å². The highest BCUT2D eigenvalue weighted by Crippen LogP contribution is 2.33. The number of fused-ring (bicyclic) bond motifs is 2. The Hall–Kier alpha value is -3.07. The molecule has 1 saturated heterocycles. The lowest BCUT2D eigenvalue weighted by Gasteiger charge is -2.31. The second-order valence-electron chi connectivity index (χ2n) is 9.27. The smallest absolute Gasteiger partial charge is 0.262 e. The lowest BCUT2D eigenvalue weighted by Crippen LogP contribution is -2.35. The fraction of sp³-hybridized carbons (Fsp3) is 0.296. The molecule has 0 unspecified atom stereocenters. The van der Waals surface area contributed by atoms with Crippen molar-refractivity contribution in [3.05, 3.63) is 86.0 Å². The molecule has 0 bridgehead atoms. The quantitative estimate of drug-likeness (QED) is 0.279. The van der Waals surface area contributed by atoms with Crippen LogP contribution in [0.2, 0.25) is 5.02 Å². The number of piperidine rings is 1. The van der Waals surface area contributed by atoms with Crippen molar-refractivity contribution in [2.45, 2.75) is 32.1 Å². The maximum absolute atomic E-state index is 13.6. The third-order valence-corrected chi connectivity index (χ3v) is 8.29. The van der Waals surface area contributed by atoms with Crippen molar-refractivity contribution in [1.82, 2.24) is 19.4 Å². The average Bonchev–Trinajstić information content (AvgIpc) is 3.48. The first-order valence-electron chi connectivity index (χ1n) is 12.0. The number of hydrogen-bond acceptors (Lipinski definition) is 6. The van der Waals surface area contributed by atoms with Crippen LogP contribution in [0.4, 0.5) is 4.39 Å². The van der Waals surface area contributed by atoms with Crippen LogP contribution < -0.4 is 5.56 Å². The summed E-state index contributed by atoms with van der Waals surface area (Å²) in [6.45, 7) is 4.50. The van der Waals surface area contributed by atoms with Crippen LogP contribution in [-0.2, 0) is 6.42 Å². The third-order valence-electron chi connectivity index (χ3n) is 7.13. The number of hydrogen-bond donors (Lipinski definition) is 0. The zero-order valence-corrected chi connectivity index (χ0v) is 21.3. The van der Waals surface area contributed by atoms with Crippen molar-refractivity contribution in [2.24, 2.45) is 0 Å². The Kier molecular flexibility index (Phi) is 6.11. The molecule has 2 aromatic carbocycles. The zero-order valence-electron chi connectivity index (χ0n) is 19.7. The molecule has 1 fully saturated rings. The van der Waals surface area contributed by atoms with Gasteiger partial charge in [-0.05, 0) is 57.5 Å². The minimum atomic E-state index is -0.319. The van der Waals surface area contributed by atoms with Crippen molar-refractivity contribution < 1.29 is 8.91 Å². The minimum Gasteiger partial charge on any atom is -0.356 e. The van der Waals surface area contributed by atoms with E-state index in [1.165, 1.54) is 23.5 Å². The van der Waals surface area contributed by atoms with Crippen molar-refractivity contribution in [3.8, 4) is 11.3 Å². The fourth-order valence-corrected chi connectivity index (χ4v) is 6.31. The second-order valence-corrected chi connectivity index (χ2v) is 10.5. The summed E-state index contributed by atoms with van der Waals surface area (Å²) in [6, 6.07) is 12.1. The number of likely N-dealkylation sites (tertiary alicyclic amines) is 1. The summed E-state index contributed by atoms with van der Waals surface area (Å²) in [7, 11) is 0. The van der Waals surface area contributed by atoms with Crippen molar-refractivity contribution in [2.75, 3.05) is 19.6 Å². The van der Waals surface area contributed by atoms with Gasteiger partial charge in [0.25, 0.3) is 5.56 Å². The van der Waals surface area contributed by atoms with Crippen LogP contribution in [0, 0.1) is 12.7 Å². The van der Waals surface area contributed by atoms with Gasteiger partial charge in [0, 0.05) is 51.1 Å². The second kappa shape index (κ2) is 9.42. The van der Waals surface area contributed by atoms with Gasteiger partial charge in [-0.2, -0.15) is 0 Å². The van der Waals surface area contributed by atoms with E-state index in [0.29, 0.717) is 22.0 Å². The Morgan fingerprint density at radius 2 is 2.00 bits per heavy atom. The summed E-state index contributed by atoms with van der Waals surface area (Å²) in [5.74, 6) is -0.0392. The van der Waals surface area contributed by atoms with Crippen LogP contribution in [-0.4, -0.2) is 39.1 Å². The van der Waals surface area contributed by atoms with Gasteiger partial charge in [0.2, 0.25) is 0 Å². The first-order valence-corrected chi connectivity index (χ1v) is 13.3. The highest BCUT2D eigenvalue weighted by atomic mass is 35.5. The van der Waals surface area contributed by atoms with Gasteiger partial charge in [0.05, 0.1) is 11.4 Å². The number of benzene rings is 2. The maximum Gasteiger partial charge on any atom is 0.262 e. The molecule has 1 aliphatic rings. The van der Waals surface area contributed by atoms with E-state index in [-0.39, 0.29) is 17.3 Å². The number of aryl methyl sites for hydroxylation is 1. The number of thiazole rings is 1. The molecule has 1 aliphatic heterocycles. The van der Waals surface area contributed by atoms with E-state index in [1.807, 2.05) is 36.6 Å². The maximum atomic E-state index is 13.6. The molecule has 0 amide bonds. The van der Waals surface area contributed by atoms with Crippen molar-refractivity contribution in [1.29, 1.82) is 0 Å². The van der Waals surface area contributed by atoms with Crippen molar-refractivity contribution in [3.63, 3.8) is 0 Å². The first kappa shape index (κ1) is 23.3. The van der Waals surface area contributed by atoms with Crippen LogP contribution in [0.5, 0.6) is 0 Å². The highest BCUT2D eigenvalue weighted by Gasteiger charge is 2.25. The average molecular weight is 523 g/mol. The Balaban J connectivity index is 1.18. The molecule has 0 aliphatic carbocycles. The summed E-state index contributed by atoms with van der Waals surface area (Å²) in [4.78, 5) is 21.4. The number of rotatable bonds is 5. The lowest BCUT2D eigenvalue weighted by molar-refractivity contribution is 0.211. The fourth-order valence-electron chi connectivity index (χ4n) is 5.16. The van der Waals surface area contributed by atoms with Gasteiger partial charge in [0.1, 0.15) is 5.82 Å². The van der Waals surface area contributed by atoms with Gasteiger partial charge in [-0.1, -0.05) is 35.0 Å². The molecule has 0 saturated carbocycles. The summed E-state index contributed by atoms with van der Waals surface area (Å²) < 4.78 is 20.5. The van der Waals surface area contributed by atoms with Gasteiger partial charge in [-0.15, -0.1) is 11.3 Å². The number of aromatic nitrogens is 3. The molecule has 3 aromatic heterocycles. The van der Waals surface area contributed by atoms with Crippen LogP contribution in [0.15, 0.2) is 57.2 Å². The predicted octanol–water partition coefficient (Wildman–Crippen LogP) is 6.09. The van der Waals surface area contributed by atoms with Crippen molar-refractivity contribution >= 4 is 38.9 Å². The first-order chi connectivity index (χ1) is 17.5. The standard InChI is InChI=1S/C27H24ClFN4O2S/c1-16-19(26(34)33-23(15-36-27(33)30-16)20-4-2-3-5-22(20)28)10-13-32-11-8-17(9-12-32)25-21-7-6-18(29)14-24(21)35-31-25/h2-7,14-15,17H,8-13H2,1H3. The van der Waals surface area contributed by atoms with Gasteiger partial charge in [0.15, 0.2) is 10.5 Å². The van der Waals surface area contributed by atoms with Crippen LogP contribution in [0.3, 0.4) is 0 Å². The Morgan fingerprint density at radius 1 is 1.19 bits per heavy atom. The molecule has 0 N–H and O–H groups in total. The molecule has 36 heavy (non-hydrogen) atoms. The Labute approximate surface area is 215 Å². The largest absolute Gasteiger partial charge is 0.356 e. The zero-order chi connectivity index (χ0) is 24.8. The van der Waals surface area contributed by atoms with Gasteiger partial charge >= 0.3 is 0 Å². The van der Waals surface area contributed by atoms with E-state index in [4.69, 9.17) is 21.1 Å². The van der Waals surface area contributed by atoms with Gasteiger partial charge in [-0.25, -0.2) is 9.37 Å². The van der Waals surface area contributed by atoms with Crippen LogP contribution >= 0.6 is 22.9 Å². The third kappa shape index (κ3) is 4.13. The summed E-state index contributed by atoms with van der Waals surface area (Å²) >= 11 is 7.87. The summed E-state index contributed by atoms with van der Waals surface area (Å²) in [6.07, 6.45) is 2.51. The molecule has 0 radical (unpaired) electrons. The monoisotopic (exact) mass is 522 g/mol. The van der Waals surface area contributed by atoms with Gasteiger partial charge in [-0.3, -0.25) is 9.20 Å². The molecule has 6 nitrogen and oxygen atoms in total. The Morgan fingerprint density at radius 3 is 2.81 bits per heavy atom. The van der Waals surface area contributed by atoms with E-state index < -0.39 is 0 Å². The van der Waals surface area contributed by atoms with Gasteiger partial charge < -0.3 is 9.42 Å². The molecule has 184 valence electrons. The van der Waals surface area contributed by atoms with Crippen LogP contribution in [0.1, 0.15) is 35.7 Å². The summed E-state index contributed by atoms with van der Waals surface area (Å²) in [5, 5.41) is 7.69. The highest BCUT2D eigenvalue weighted by molar-refractivity contribution is 7.15. The molecular weight excluding hydrogens is 499 g/mol. The normalized spacial score (nSPS) is 15.3. The molecule has 0 spiro atoms.